The highest BCUT2D eigenvalue weighted by Crippen LogP contribution is 2.49. The number of carboxylic acid groups (broad SMARTS) is 1. The van der Waals surface area contributed by atoms with Crippen molar-refractivity contribution in [3.8, 4) is 5.69 Å². The normalized spacial score (nSPS) is 15.0. The summed E-state index contributed by atoms with van der Waals surface area (Å²) in [6.45, 7) is 2.27. The van der Waals surface area contributed by atoms with Gasteiger partial charge in [0.1, 0.15) is 5.56 Å². The first-order valence-corrected chi connectivity index (χ1v) is 8.15. The van der Waals surface area contributed by atoms with Gasteiger partial charge in [-0.3, -0.25) is 4.79 Å². The van der Waals surface area contributed by atoms with Gasteiger partial charge in [-0.05, 0) is 44.4 Å². The zero-order valence-electron chi connectivity index (χ0n) is 14.3. The number of aromatic nitrogens is 2. The summed E-state index contributed by atoms with van der Waals surface area (Å²) in [7, 11) is 1.63. The number of hydrogen-bond donors (Lipinski definition) is 2. The van der Waals surface area contributed by atoms with Crippen LogP contribution in [-0.2, 0) is 9.53 Å². The van der Waals surface area contributed by atoms with Crippen molar-refractivity contribution in [2.24, 2.45) is 5.41 Å². The third kappa shape index (κ3) is 3.41. The summed E-state index contributed by atoms with van der Waals surface area (Å²) in [6.07, 6.45) is 3.80. The molecule has 0 saturated heterocycles. The summed E-state index contributed by atoms with van der Waals surface area (Å²) in [6, 6.07) is 7.22. The number of carbonyl (C=O) groups excluding carboxylic acids is 1. The molecule has 1 aromatic carbocycles. The van der Waals surface area contributed by atoms with Crippen molar-refractivity contribution in [1.29, 1.82) is 0 Å². The molecule has 0 unspecified atom stereocenters. The zero-order valence-corrected chi connectivity index (χ0v) is 14.3. The van der Waals surface area contributed by atoms with Gasteiger partial charge in [-0.25, -0.2) is 9.48 Å². The maximum atomic E-state index is 12.5. The molecule has 1 heterocycles. The molecule has 3 rings (SSSR count). The first-order chi connectivity index (χ1) is 12.0. The van der Waals surface area contributed by atoms with E-state index in [-0.39, 0.29) is 16.9 Å². The van der Waals surface area contributed by atoms with E-state index in [0.29, 0.717) is 23.7 Å². The van der Waals surface area contributed by atoms with Crippen molar-refractivity contribution in [2.45, 2.75) is 26.2 Å². The van der Waals surface area contributed by atoms with Gasteiger partial charge in [0.2, 0.25) is 5.91 Å². The maximum Gasteiger partial charge on any atom is 0.339 e. The lowest BCUT2D eigenvalue weighted by Crippen LogP contribution is -2.25. The fourth-order valence-corrected chi connectivity index (χ4v) is 2.90. The van der Waals surface area contributed by atoms with Gasteiger partial charge in [0.15, 0.2) is 0 Å². The monoisotopic (exact) mass is 343 g/mol. The van der Waals surface area contributed by atoms with Crippen LogP contribution in [0.3, 0.4) is 0 Å². The molecule has 0 spiro atoms. The van der Waals surface area contributed by atoms with Crippen molar-refractivity contribution in [3.05, 3.63) is 41.7 Å². The molecule has 1 aliphatic carbocycles. The molecule has 132 valence electrons. The molecule has 1 fully saturated rings. The molecular formula is C18H21N3O4. The van der Waals surface area contributed by atoms with E-state index in [9.17, 15) is 9.59 Å². The van der Waals surface area contributed by atoms with Crippen LogP contribution >= 0.6 is 0 Å². The quantitative estimate of drug-likeness (QED) is 0.806. The van der Waals surface area contributed by atoms with E-state index >= 15 is 0 Å². The van der Waals surface area contributed by atoms with E-state index in [4.69, 9.17) is 9.84 Å². The largest absolute Gasteiger partial charge is 0.478 e. The Bertz CT molecular complexity index is 808. The molecule has 1 amide bonds. The summed E-state index contributed by atoms with van der Waals surface area (Å²) < 4.78 is 6.64. The van der Waals surface area contributed by atoms with Gasteiger partial charge in [-0.15, -0.1) is 0 Å². The van der Waals surface area contributed by atoms with Crippen LogP contribution in [-0.4, -0.2) is 40.5 Å². The average Bonchev–Trinajstić information content (AvgIpc) is 3.28. The number of benzene rings is 1. The number of ether oxygens (including phenoxy) is 1. The summed E-state index contributed by atoms with van der Waals surface area (Å²) >= 11 is 0. The highest BCUT2D eigenvalue weighted by Gasteiger charge is 2.49. The Morgan fingerprint density at radius 1 is 1.40 bits per heavy atom. The first kappa shape index (κ1) is 17.2. The van der Waals surface area contributed by atoms with Crippen LogP contribution < -0.4 is 5.32 Å². The summed E-state index contributed by atoms with van der Waals surface area (Å²) in [5.41, 5.74) is 1.74. The number of nitrogens with zero attached hydrogens (tertiary/aromatic N) is 2. The molecular weight excluding hydrogens is 322 g/mol. The van der Waals surface area contributed by atoms with Crippen LogP contribution in [0.1, 0.15) is 35.3 Å². The molecule has 25 heavy (non-hydrogen) atoms. The number of hydrogen-bond acceptors (Lipinski definition) is 4. The Balaban J connectivity index is 1.78. The van der Waals surface area contributed by atoms with Crippen molar-refractivity contribution in [3.63, 3.8) is 0 Å². The zero-order chi connectivity index (χ0) is 18.0. The molecule has 1 aromatic heterocycles. The minimum atomic E-state index is -1.01. The predicted octanol–water partition coefficient (Wildman–Crippen LogP) is 2.63. The van der Waals surface area contributed by atoms with Crippen LogP contribution in [0, 0.1) is 12.3 Å². The molecule has 0 atom stereocenters. The predicted molar refractivity (Wildman–Crippen MR) is 92.1 cm³/mol. The third-order valence-corrected chi connectivity index (χ3v) is 4.71. The molecule has 2 aromatic rings. The molecule has 0 aliphatic heterocycles. The van der Waals surface area contributed by atoms with E-state index in [1.807, 2.05) is 12.1 Å². The van der Waals surface area contributed by atoms with Gasteiger partial charge in [-0.2, -0.15) is 5.10 Å². The van der Waals surface area contributed by atoms with Crippen LogP contribution in [0.5, 0.6) is 0 Å². The number of rotatable bonds is 7. The van der Waals surface area contributed by atoms with Crippen LogP contribution in [0.25, 0.3) is 5.69 Å². The summed E-state index contributed by atoms with van der Waals surface area (Å²) in [5, 5.41) is 16.2. The molecule has 2 N–H and O–H groups in total. The molecule has 1 saturated carbocycles. The number of amides is 1. The first-order valence-electron chi connectivity index (χ1n) is 8.15. The Morgan fingerprint density at radius 2 is 2.16 bits per heavy atom. The van der Waals surface area contributed by atoms with Crippen LogP contribution in [0.2, 0.25) is 0 Å². The smallest absolute Gasteiger partial charge is 0.339 e. The maximum absolute atomic E-state index is 12.5. The molecule has 7 heteroatoms. The van der Waals surface area contributed by atoms with Gasteiger partial charge in [0.25, 0.3) is 0 Å². The lowest BCUT2D eigenvalue weighted by molar-refractivity contribution is -0.121. The number of aromatic carboxylic acids is 1. The Kier molecular flexibility index (Phi) is 4.59. The lowest BCUT2D eigenvalue weighted by atomic mass is 10.0. The second kappa shape index (κ2) is 6.68. The molecule has 0 radical (unpaired) electrons. The second-order valence-electron chi connectivity index (χ2n) is 6.39. The molecule has 0 bridgehead atoms. The third-order valence-electron chi connectivity index (χ3n) is 4.71. The van der Waals surface area contributed by atoms with Crippen molar-refractivity contribution >= 4 is 17.6 Å². The van der Waals surface area contributed by atoms with Gasteiger partial charge < -0.3 is 15.2 Å². The van der Waals surface area contributed by atoms with Crippen molar-refractivity contribution < 1.29 is 19.4 Å². The summed E-state index contributed by atoms with van der Waals surface area (Å²) in [5.74, 6) is -1.01. The van der Waals surface area contributed by atoms with Crippen LogP contribution in [0.4, 0.5) is 5.69 Å². The van der Waals surface area contributed by atoms with Gasteiger partial charge in [0.05, 0.1) is 23.0 Å². The SMILES string of the molecule is COCCC1(C(=O)Nc2cccc(-n3ncc(C(=O)O)c3C)c2)CC1. The molecule has 1 aliphatic rings. The number of anilines is 1. The van der Waals surface area contributed by atoms with Gasteiger partial charge in [0, 0.05) is 19.4 Å². The summed E-state index contributed by atoms with van der Waals surface area (Å²) in [4.78, 5) is 23.7. The van der Waals surface area contributed by atoms with E-state index < -0.39 is 5.97 Å². The second-order valence-corrected chi connectivity index (χ2v) is 6.39. The van der Waals surface area contributed by atoms with E-state index in [0.717, 1.165) is 19.3 Å². The topological polar surface area (TPSA) is 93.5 Å². The Morgan fingerprint density at radius 3 is 2.76 bits per heavy atom. The standard InChI is InChI=1S/C18H21N3O4/c1-12-15(16(22)23)11-19-21(12)14-5-3-4-13(10-14)20-17(24)18(6-7-18)8-9-25-2/h3-5,10-11H,6-9H2,1-2H3,(H,20,24)(H,22,23). The van der Waals surface area contributed by atoms with Crippen molar-refractivity contribution in [1.82, 2.24) is 9.78 Å². The average molecular weight is 343 g/mol. The minimum Gasteiger partial charge on any atom is -0.478 e. The van der Waals surface area contributed by atoms with E-state index in [1.54, 1.807) is 30.8 Å². The Labute approximate surface area is 145 Å². The fraction of sp³-hybridized carbons (Fsp3) is 0.389. The fourth-order valence-electron chi connectivity index (χ4n) is 2.90. The van der Waals surface area contributed by atoms with Crippen molar-refractivity contribution in [2.75, 3.05) is 19.0 Å². The van der Waals surface area contributed by atoms with E-state index in [2.05, 4.69) is 10.4 Å². The Hall–Kier alpha value is -2.67. The van der Waals surface area contributed by atoms with Crippen LogP contribution in [0.15, 0.2) is 30.5 Å². The van der Waals surface area contributed by atoms with Gasteiger partial charge in [-0.1, -0.05) is 6.07 Å². The number of carbonyl (C=O) groups is 2. The highest BCUT2D eigenvalue weighted by molar-refractivity contribution is 5.97. The molecule has 7 nitrogen and oxygen atoms in total. The van der Waals surface area contributed by atoms with Gasteiger partial charge >= 0.3 is 5.97 Å². The lowest BCUT2D eigenvalue weighted by Gasteiger charge is -2.15. The van der Waals surface area contributed by atoms with E-state index in [1.165, 1.54) is 6.20 Å². The number of carboxylic acids is 1. The minimum absolute atomic E-state index is 0.00473. The number of nitrogens with one attached hydrogen (secondary N) is 1. The number of methoxy groups -OCH3 is 1. The highest BCUT2D eigenvalue weighted by atomic mass is 16.5.